The average Bonchev–Trinajstić information content (AvgIpc) is 2.38. The van der Waals surface area contributed by atoms with Crippen LogP contribution in [0.4, 0.5) is 0 Å². The van der Waals surface area contributed by atoms with Gasteiger partial charge >= 0.3 is 0 Å². The van der Waals surface area contributed by atoms with E-state index in [1.54, 1.807) is 0 Å². The van der Waals surface area contributed by atoms with Crippen molar-refractivity contribution in [1.29, 1.82) is 0 Å². The summed E-state index contributed by atoms with van der Waals surface area (Å²) in [5, 5.41) is 15.3. The second-order valence-electron chi connectivity index (χ2n) is 6.32. The molecule has 20 heavy (non-hydrogen) atoms. The number of carbonyl (C=O) groups is 1. The van der Waals surface area contributed by atoms with E-state index in [-0.39, 0.29) is 11.7 Å². The number of carbonyl (C=O) groups excluding carboxylic acids is 1. The van der Waals surface area contributed by atoms with Gasteiger partial charge in [-0.2, -0.15) is 0 Å². The van der Waals surface area contributed by atoms with Crippen molar-refractivity contribution in [2.45, 2.75) is 77.2 Å². The van der Waals surface area contributed by atoms with Crippen molar-refractivity contribution >= 4 is 11.7 Å². The molecule has 1 aliphatic carbocycles. The van der Waals surface area contributed by atoms with Crippen LogP contribution in [-0.4, -0.2) is 22.5 Å². The summed E-state index contributed by atoms with van der Waals surface area (Å²) in [7, 11) is 0. The first-order valence-electron chi connectivity index (χ1n) is 7.79. The summed E-state index contributed by atoms with van der Waals surface area (Å²) in [6.07, 6.45) is 8.39. The maximum absolute atomic E-state index is 12.1. The number of amidine groups is 1. The van der Waals surface area contributed by atoms with Gasteiger partial charge in [-0.1, -0.05) is 51.1 Å². The topological polar surface area (TPSA) is 87.7 Å². The summed E-state index contributed by atoms with van der Waals surface area (Å²) in [6.45, 7) is 4.20. The van der Waals surface area contributed by atoms with Crippen molar-refractivity contribution in [3.8, 4) is 0 Å². The van der Waals surface area contributed by atoms with Crippen molar-refractivity contribution in [3.05, 3.63) is 0 Å². The maximum Gasteiger partial charge on any atom is 0.220 e. The van der Waals surface area contributed by atoms with Gasteiger partial charge in [0.1, 0.15) is 5.54 Å². The van der Waals surface area contributed by atoms with E-state index in [4.69, 9.17) is 10.9 Å². The lowest BCUT2D eigenvalue weighted by atomic mass is 9.82. The Balaban J connectivity index is 2.74. The molecule has 0 unspecified atom stereocenters. The van der Waals surface area contributed by atoms with E-state index in [0.717, 1.165) is 44.9 Å². The van der Waals surface area contributed by atoms with Crippen molar-refractivity contribution in [2.24, 2.45) is 16.8 Å². The quantitative estimate of drug-likeness (QED) is 0.314. The molecule has 5 nitrogen and oxygen atoms in total. The second-order valence-corrected chi connectivity index (χ2v) is 6.32. The van der Waals surface area contributed by atoms with Crippen LogP contribution in [0.3, 0.4) is 0 Å². The number of nitrogens with zero attached hydrogens (tertiary/aromatic N) is 1. The van der Waals surface area contributed by atoms with Crippen LogP contribution in [0.5, 0.6) is 0 Å². The van der Waals surface area contributed by atoms with Gasteiger partial charge in [0.05, 0.1) is 0 Å². The van der Waals surface area contributed by atoms with Crippen LogP contribution in [0.1, 0.15) is 71.6 Å². The predicted octanol–water partition coefficient (Wildman–Crippen LogP) is 2.77. The molecule has 1 rings (SSSR count). The summed E-state index contributed by atoms with van der Waals surface area (Å²) in [4.78, 5) is 12.1. The average molecular weight is 283 g/mol. The third-order valence-corrected chi connectivity index (χ3v) is 4.13. The maximum atomic E-state index is 12.1. The van der Waals surface area contributed by atoms with Crippen LogP contribution in [0, 0.1) is 5.92 Å². The van der Waals surface area contributed by atoms with E-state index in [1.165, 1.54) is 6.42 Å². The molecule has 1 amide bonds. The molecule has 0 aromatic carbocycles. The highest BCUT2D eigenvalue weighted by molar-refractivity contribution is 5.93. The van der Waals surface area contributed by atoms with Gasteiger partial charge in [-0.25, -0.2) is 0 Å². The summed E-state index contributed by atoms with van der Waals surface area (Å²) in [5.74, 6) is 0.654. The third kappa shape index (κ3) is 5.02. The fourth-order valence-corrected chi connectivity index (χ4v) is 2.80. The van der Waals surface area contributed by atoms with Crippen molar-refractivity contribution in [1.82, 2.24) is 5.32 Å². The highest BCUT2D eigenvalue weighted by Gasteiger charge is 2.36. The Morgan fingerprint density at radius 1 is 1.25 bits per heavy atom. The van der Waals surface area contributed by atoms with Crippen LogP contribution < -0.4 is 11.1 Å². The Hall–Kier alpha value is -1.26. The van der Waals surface area contributed by atoms with Gasteiger partial charge < -0.3 is 16.3 Å². The molecular weight excluding hydrogens is 254 g/mol. The molecule has 116 valence electrons. The fraction of sp³-hybridized carbons (Fsp3) is 0.867. The van der Waals surface area contributed by atoms with Crippen LogP contribution in [0.25, 0.3) is 0 Å². The van der Waals surface area contributed by atoms with Gasteiger partial charge in [0.25, 0.3) is 0 Å². The molecule has 1 saturated carbocycles. The molecule has 5 heteroatoms. The minimum absolute atomic E-state index is 0.00544. The molecule has 1 fully saturated rings. The lowest BCUT2D eigenvalue weighted by molar-refractivity contribution is -0.122. The standard InChI is InChI=1S/C15H29N3O2/c1-12(2)8-9-13(19)17-15(14(16)18-20)10-6-4-3-5-7-11-15/h12,20H,3-11H2,1-2H3,(H2,16,18)(H,17,19). The zero-order chi connectivity index (χ0) is 15.0. The van der Waals surface area contributed by atoms with E-state index in [9.17, 15) is 4.79 Å². The number of nitrogens with one attached hydrogen (secondary N) is 1. The van der Waals surface area contributed by atoms with E-state index < -0.39 is 5.54 Å². The smallest absolute Gasteiger partial charge is 0.220 e. The number of amides is 1. The van der Waals surface area contributed by atoms with Crippen LogP contribution in [0.2, 0.25) is 0 Å². The molecule has 1 aliphatic rings. The van der Waals surface area contributed by atoms with E-state index in [2.05, 4.69) is 24.3 Å². The fourth-order valence-electron chi connectivity index (χ4n) is 2.80. The van der Waals surface area contributed by atoms with Gasteiger partial charge in [0, 0.05) is 6.42 Å². The SMILES string of the molecule is CC(C)CCC(=O)NC1(/C(N)=N/O)CCCCCCC1. The van der Waals surface area contributed by atoms with Gasteiger partial charge in [0.15, 0.2) is 5.84 Å². The number of rotatable bonds is 5. The molecule has 0 saturated heterocycles. The predicted molar refractivity (Wildman–Crippen MR) is 80.7 cm³/mol. The molecule has 0 spiro atoms. The van der Waals surface area contributed by atoms with Gasteiger partial charge in [-0.3, -0.25) is 4.79 Å². The van der Waals surface area contributed by atoms with Gasteiger partial charge in [0.2, 0.25) is 5.91 Å². The molecule has 0 heterocycles. The number of oxime groups is 1. The van der Waals surface area contributed by atoms with E-state index in [0.29, 0.717) is 12.3 Å². The minimum Gasteiger partial charge on any atom is -0.409 e. The van der Waals surface area contributed by atoms with Crippen LogP contribution in [0.15, 0.2) is 5.16 Å². The lowest BCUT2D eigenvalue weighted by Gasteiger charge is -2.35. The molecule has 0 aromatic heterocycles. The van der Waals surface area contributed by atoms with Gasteiger partial charge in [-0.05, 0) is 25.2 Å². The second kappa shape index (κ2) is 8.12. The van der Waals surface area contributed by atoms with E-state index in [1.807, 2.05) is 0 Å². The first-order valence-corrected chi connectivity index (χ1v) is 7.79. The number of hydrogen-bond acceptors (Lipinski definition) is 3. The van der Waals surface area contributed by atoms with Gasteiger partial charge in [-0.15, -0.1) is 0 Å². The first kappa shape index (κ1) is 16.8. The van der Waals surface area contributed by atoms with Crippen molar-refractivity contribution in [2.75, 3.05) is 0 Å². The minimum atomic E-state index is -0.650. The van der Waals surface area contributed by atoms with Crippen LogP contribution >= 0.6 is 0 Å². The zero-order valence-electron chi connectivity index (χ0n) is 12.8. The molecule has 0 aliphatic heterocycles. The van der Waals surface area contributed by atoms with Crippen LogP contribution in [-0.2, 0) is 4.79 Å². The highest BCUT2D eigenvalue weighted by Crippen LogP contribution is 2.27. The highest BCUT2D eigenvalue weighted by atomic mass is 16.4. The summed E-state index contributed by atoms with van der Waals surface area (Å²) in [6, 6.07) is 0. The monoisotopic (exact) mass is 283 g/mol. The van der Waals surface area contributed by atoms with E-state index >= 15 is 0 Å². The Morgan fingerprint density at radius 2 is 1.80 bits per heavy atom. The first-order chi connectivity index (χ1) is 9.50. The summed E-state index contributed by atoms with van der Waals surface area (Å²) < 4.78 is 0. The van der Waals surface area contributed by atoms with Crippen molar-refractivity contribution < 1.29 is 10.0 Å². The Labute approximate surface area is 122 Å². The number of nitrogens with two attached hydrogens (primary N) is 1. The molecule has 0 atom stereocenters. The Morgan fingerprint density at radius 3 is 2.30 bits per heavy atom. The zero-order valence-corrected chi connectivity index (χ0v) is 12.8. The number of hydrogen-bond donors (Lipinski definition) is 3. The summed E-state index contributed by atoms with van der Waals surface area (Å²) in [5.41, 5.74) is 5.24. The molecule has 0 bridgehead atoms. The van der Waals surface area contributed by atoms with Crippen molar-refractivity contribution in [3.63, 3.8) is 0 Å². The molecular formula is C15H29N3O2. The molecule has 0 radical (unpaired) electrons. The Kier molecular flexibility index (Phi) is 6.82. The summed E-state index contributed by atoms with van der Waals surface area (Å²) >= 11 is 0. The largest absolute Gasteiger partial charge is 0.409 e. The molecule has 4 N–H and O–H groups in total. The normalized spacial score (nSPS) is 20.2. The molecule has 0 aromatic rings. The lowest BCUT2D eigenvalue weighted by Crippen LogP contribution is -2.57. The third-order valence-electron chi connectivity index (χ3n) is 4.13. The Bertz CT molecular complexity index is 332.